The van der Waals surface area contributed by atoms with Gasteiger partial charge in [-0.15, -0.1) is 0 Å². The number of nitrogens with two attached hydrogens (primary N) is 1. The van der Waals surface area contributed by atoms with E-state index in [1.807, 2.05) is 29.3 Å². The number of phenols is 1. The lowest BCUT2D eigenvalue weighted by atomic mass is 9.89. The van der Waals surface area contributed by atoms with E-state index in [0.29, 0.717) is 0 Å². The van der Waals surface area contributed by atoms with E-state index >= 15 is 0 Å². The number of hydrogen-bond donors (Lipinski definition) is 2. The minimum absolute atomic E-state index is 0.109. The molecular formula is C16H16N2O2. The molecule has 0 saturated carbocycles. The fraction of sp³-hybridized carbons (Fsp3) is 0.250. The highest BCUT2D eigenvalue weighted by Crippen LogP contribution is 2.45. The van der Waals surface area contributed by atoms with Gasteiger partial charge >= 0.3 is 0 Å². The number of phenolic OH excluding ortho intramolecular Hbond substituents is 1. The predicted molar refractivity (Wildman–Crippen MR) is 75.7 cm³/mol. The summed E-state index contributed by atoms with van der Waals surface area (Å²) in [5.74, 6) is 8.02. The SMILES string of the molecule is NN1CCc2cc(O)cc3c2C1Cc1ccccc1O3. The Morgan fingerprint density at radius 3 is 2.90 bits per heavy atom. The van der Waals surface area contributed by atoms with Crippen LogP contribution in [0.1, 0.15) is 22.7 Å². The van der Waals surface area contributed by atoms with Gasteiger partial charge in [-0.1, -0.05) is 18.2 Å². The van der Waals surface area contributed by atoms with Crippen LogP contribution in [-0.4, -0.2) is 16.7 Å². The molecule has 1 atom stereocenters. The molecule has 0 spiro atoms. The van der Waals surface area contributed by atoms with Crippen LogP contribution in [-0.2, 0) is 12.8 Å². The topological polar surface area (TPSA) is 58.7 Å². The third-order valence-corrected chi connectivity index (χ3v) is 4.19. The van der Waals surface area contributed by atoms with E-state index in [4.69, 9.17) is 10.6 Å². The molecule has 3 N–H and O–H groups in total. The van der Waals surface area contributed by atoms with E-state index in [1.54, 1.807) is 6.07 Å². The molecule has 2 aromatic carbocycles. The zero-order chi connectivity index (χ0) is 13.7. The van der Waals surface area contributed by atoms with Crippen molar-refractivity contribution in [2.45, 2.75) is 18.9 Å². The van der Waals surface area contributed by atoms with Gasteiger partial charge in [0.15, 0.2) is 0 Å². The third-order valence-electron chi connectivity index (χ3n) is 4.19. The Morgan fingerprint density at radius 2 is 2.00 bits per heavy atom. The molecule has 2 aliphatic heterocycles. The standard InChI is InChI=1S/C16H16N2O2/c17-18-6-5-11-7-12(19)9-15-16(11)13(18)8-10-3-1-2-4-14(10)20-15/h1-4,7,9,13,19H,5-6,8,17H2. The monoisotopic (exact) mass is 268 g/mol. The highest BCUT2D eigenvalue weighted by Gasteiger charge is 2.32. The maximum absolute atomic E-state index is 9.89. The molecule has 4 nitrogen and oxygen atoms in total. The Bertz CT molecular complexity index is 684. The number of hydrazine groups is 1. The molecule has 0 saturated heterocycles. The average Bonchev–Trinajstić information content (AvgIpc) is 2.60. The van der Waals surface area contributed by atoms with E-state index in [-0.39, 0.29) is 11.8 Å². The van der Waals surface area contributed by atoms with Gasteiger partial charge in [-0.3, -0.25) is 5.84 Å². The highest BCUT2D eigenvalue weighted by atomic mass is 16.5. The van der Waals surface area contributed by atoms with Gasteiger partial charge in [-0.05, 0) is 36.1 Å². The van der Waals surface area contributed by atoms with Gasteiger partial charge in [0.2, 0.25) is 0 Å². The number of hydrogen-bond acceptors (Lipinski definition) is 4. The fourth-order valence-corrected chi connectivity index (χ4v) is 3.23. The Balaban J connectivity index is 1.95. The van der Waals surface area contributed by atoms with Crippen molar-refractivity contribution >= 4 is 0 Å². The molecule has 0 bridgehead atoms. The molecule has 102 valence electrons. The maximum Gasteiger partial charge on any atom is 0.136 e. The highest BCUT2D eigenvalue weighted by molar-refractivity contribution is 5.54. The number of fused-ring (bicyclic) bond motifs is 1. The zero-order valence-electron chi connectivity index (χ0n) is 11.0. The number of ether oxygens (including phenoxy) is 1. The summed E-state index contributed by atoms with van der Waals surface area (Å²) in [5, 5.41) is 11.8. The number of aromatic hydroxyl groups is 1. The summed E-state index contributed by atoms with van der Waals surface area (Å²) in [7, 11) is 0. The molecule has 0 amide bonds. The first-order valence-electron chi connectivity index (χ1n) is 6.85. The molecule has 0 aromatic heterocycles. The minimum atomic E-state index is 0.109. The van der Waals surface area contributed by atoms with Crippen LogP contribution < -0.4 is 10.6 Å². The molecule has 20 heavy (non-hydrogen) atoms. The van der Waals surface area contributed by atoms with E-state index in [0.717, 1.165) is 47.6 Å². The summed E-state index contributed by atoms with van der Waals surface area (Å²) in [6.07, 6.45) is 1.67. The predicted octanol–water partition coefficient (Wildman–Crippen LogP) is 2.51. The first-order chi connectivity index (χ1) is 9.72. The van der Waals surface area contributed by atoms with Crippen LogP contribution in [0.5, 0.6) is 17.2 Å². The largest absolute Gasteiger partial charge is 0.508 e. The van der Waals surface area contributed by atoms with Crippen LogP contribution in [0.2, 0.25) is 0 Å². The Kier molecular flexibility index (Phi) is 2.49. The van der Waals surface area contributed by atoms with Crippen LogP contribution in [0.25, 0.3) is 0 Å². The van der Waals surface area contributed by atoms with Gasteiger partial charge in [0.05, 0.1) is 6.04 Å². The molecule has 4 rings (SSSR count). The summed E-state index contributed by atoms with van der Waals surface area (Å²) in [6, 6.07) is 11.6. The summed E-state index contributed by atoms with van der Waals surface area (Å²) in [6.45, 7) is 0.794. The van der Waals surface area contributed by atoms with Gasteiger partial charge < -0.3 is 9.84 Å². The summed E-state index contributed by atoms with van der Waals surface area (Å²) >= 11 is 0. The average molecular weight is 268 g/mol. The van der Waals surface area contributed by atoms with Crippen LogP contribution >= 0.6 is 0 Å². The van der Waals surface area contributed by atoms with Gasteiger partial charge in [0.1, 0.15) is 17.2 Å². The second-order valence-electron chi connectivity index (χ2n) is 5.43. The van der Waals surface area contributed by atoms with Gasteiger partial charge in [0.25, 0.3) is 0 Å². The van der Waals surface area contributed by atoms with Crippen LogP contribution in [0.3, 0.4) is 0 Å². The van der Waals surface area contributed by atoms with Crippen molar-refractivity contribution in [1.82, 2.24) is 5.01 Å². The zero-order valence-corrected chi connectivity index (χ0v) is 11.0. The summed E-state index contributed by atoms with van der Waals surface area (Å²) < 4.78 is 6.04. The Hall–Kier alpha value is -2.04. The first-order valence-corrected chi connectivity index (χ1v) is 6.85. The van der Waals surface area contributed by atoms with Crippen molar-refractivity contribution in [1.29, 1.82) is 0 Å². The van der Waals surface area contributed by atoms with Crippen LogP contribution in [0.15, 0.2) is 36.4 Å². The first kappa shape index (κ1) is 11.8. The van der Waals surface area contributed by atoms with Crippen molar-refractivity contribution in [2.24, 2.45) is 5.84 Å². The van der Waals surface area contributed by atoms with Crippen LogP contribution in [0, 0.1) is 0 Å². The molecule has 0 aliphatic carbocycles. The van der Waals surface area contributed by atoms with E-state index in [1.165, 1.54) is 0 Å². The summed E-state index contributed by atoms with van der Waals surface area (Å²) in [5.41, 5.74) is 3.41. The van der Waals surface area contributed by atoms with Crippen molar-refractivity contribution in [3.8, 4) is 17.2 Å². The summed E-state index contributed by atoms with van der Waals surface area (Å²) in [4.78, 5) is 0. The second-order valence-corrected chi connectivity index (χ2v) is 5.43. The van der Waals surface area contributed by atoms with Crippen molar-refractivity contribution in [3.05, 3.63) is 53.1 Å². The van der Waals surface area contributed by atoms with Gasteiger partial charge in [-0.25, -0.2) is 5.01 Å². The molecule has 2 aliphatic rings. The molecule has 1 unspecified atom stereocenters. The Morgan fingerprint density at radius 1 is 1.15 bits per heavy atom. The van der Waals surface area contributed by atoms with Crippen LogP contribution in [0.4, 0.5) is 0 Å². The maximum atomic E-state index is 9.89. The lowest BCUT2D eigenvalue weighted by Crippen LogP contribution is -2.41. The Labute approximate surface area is 117 Å². The number of benzene rings is 2. The lowest BCUT2D eigenvalue weighted by Gasteiger charge is -2.33. The molecule has 2 aromatic rings. The van der Waals surface area contributed by atoms with E-state index < -0.39 is 0 Å². The molecule has 4 heteroatoms. The molecule has 2 heterocycles. The number of nitrogens with zero attached hydrogens (tertiary/aromatic N) is 1. The normalized spacial score (nSPS) is 20.6. The minimum Gasteiger partial charge on any atom is -0.508 e. The second kappa shape index (κ2) is 4.23. The number of rotatable bonds is 0. The molecular weight excluding hydrogens is 252 g/mol. The molecule has 0 fully saturated rings. The van der Waals surface area contributed by atoms with Crippen molar-refractivity contribution < 1.29 is 9.84 Å². The third kappa shape index (κ3) is 1.69. The quantitative estimate of drug-likeness (QED) is 0.721. The fourth-order valence-electron chi connectivity index (χ4n) is 3.23. The number of para-hydroxylation sites is 1. The lowest BCUT2D eigenvalue weighted by molar-refractivity contribution is 0.187. The van der Waals surface area contributed by atoms with E-state index in [2.05, 4.69) is 6.07 Å². The van der Waals surface area contributed by atoms with Gasteiger partial charge in [0, 0.05) is 18.2 Å². The smallest absolute Gasteiger partial charge is 0.136 e. The van der Waals surface area contributed by atoms with Crippen molar-refractivity contribution in [2.75, 3.05) is 6.54 Å². The van der Waals surface area contributed by atoms with Gasteiger partial charge in [-0.2, -0.15) is 0 Å². The van der Waals surface area contributed by atoms with E-state index in [9.17, 15) is 5.11 Å². The van der Waals surface area contributed by atoms with Crippen molar-refractivity contribution in [3.63, 3.8) is 0 Å². The molecule has 0 radical (unpaired) electrons.